The Labute approximate surface area is 85.5 Å². The maximum absolute atomic E-state index is 13.1. The van der Waals surface area contributed by atoms with Crippen LogP contribution in [0.15, 0.2) is 6.07 Å². The maximum Gasteiger partial charge on any atom is 0.514 e. The fourth-order valence-electron chi connectivity index (χ4n) is 0.955. The molecule has 0 aromatic carbocycles. The molecule has 1 heterocycles. The van der Waals surface area contributed by atoms with E-state index in [2.05, 4.69) is 9.47 Å². The second kappa shape index (κ2) is 4.95. The zero-order valence-electron chi connectivity index (χ0n) is 8.00. The molecule has 0 amide bonds. The van der Waals surface area contributed by atoms with Crippen LogP contribution in [-0.2, 0) is 11.2 Å². The highest BCUT2D eigenvalue weighted by molar-refractivity contribution is 7.13. The molecule has 0 radical (unpaired) electrons. The van der Waals surface area contributed by atoms with Gasteiger partial charge in [-0.15, -0.1) is 11.3 Å². The lowest BCUT2D eigenvalue weighted by molar-refractivity contribution is 0.123. The van der Waals surface area contributed by atoms with Crippen molar-refractivity contribution in [3.63, 3.8) is 0 Å². The van der Waals surface area contributed by atoms with Gasteiger partial charge in [0.1, 0.15) is 5.82 Å². The number of hydrogen-bond donors (Lipinski definition) is 0. The van der Waals surface area contributed by atoms with Crippen LogP contribution < -0.4 is 4.74 Å². The largest absolute Gasteiger partial charge is 0.514 e. The number of thiophene rings is 1. The van der Waals surface area contributed by atoms with Crippen LogP contribution in [0.25, 0.3) is 0 Å². The highest BCUT2D eigenvalue weighted by atomic mass is 32.1. The number of rotatable bonds is 3. The monoisotopic (exact) mass is 218 g/mol. The van der Waals surface area contributed by atoms with Crippen molar-refractivity contribution in [2.45, 2.75) is 19.8 Å². The van der Waals surface area contributed by atoms with E-state index in [1.807, 2.05) is 6.92 Å². The summed E-state index contributed by atoms with van der Waals surface area (Å²) in [6.45, 7) is 1.96. The van der Waals surface area contributed by atoms with Gasteiger partial charge in [-0.3, -0.25) is 0 Å². The zero-order valence-corrected chi connectivity index (χ0v) is 8.82. The van der Waals surface area contributed by atoms with Crippen LogP contribution in [0, 0.1) is 5.82 Å². The lowest BCUT2D eigenvalue weighted by atomic mass is 10.3. The summed E-state index contributed by atoms with van der Waals surface area (Å²) >= 11 is 1.13. The molecule has 3 nitrogen and oxygen atoms in total. The number of ether oxygens (including phenoxy) is 2. The summed E-state index contributed by atoms with van der Waals surface area (Å²) in [6.07, 6.45) is 0.685. The summed E-state index contributed by atoms with van der Waals surface area (Å²) < 4.78 is 22.1. The van der Waals surface area contributed by atoms with E-state index in [1.54, 1.807) is 0 Å². The molecule has 0 spiro atoms. The van der Waals surface area contributed by atoms with Crippen molar-refractivity contribution in [1.29, 1.82) is 0 Å². The molecule has 0 saturated carbocycles. The third kappa shape index (κ3) is 2.70. The molecular formula is C9H11FO3S. The van der Waals surface area contributed by atoms with Crippen LogP contribution in [0.3, 0.4) is 0 Å². The molecule has 0 aliphatic heterocycles. The molecule has 0 bridgehead atoms. The van der Waals surface area contributed by atoms with Crippen LogP contribution in [0.4, 0.5) is 9.18 Å². The summed E-state index contributed by atoms with van der Waals surface area (Å²) in [5.74, 6) is -0.323. The van der Waals surface area contributed by atoms with E-state index < -0.39 is 6.16 Å². The van der Waals surface area contributed by atoms with E-state index in [0.717, 1.165) is 17.8 Å². The third-order valence-corrected chi connectivity index (χ3v) is 2.61. The second-order valence-corrected chi connectivity index (χ2v) is 3.74. The van der Waals surface area contributed by atoms with Gasteiger partial charge in [0, 0.05) is 10.9 Å². The Hall–Kier alpha value is -1.10. The zero-order chi connectivity index (χ0) is 10.6. The first-order valence-electron chi connectivity index (χ1n) is 4.21. The van der Waals surface area contributed by atoms with Crippen LogP contribution in [-0.4, -0.2) is 13.3 Å². The Bertz CT molecular complexity index is 322. The van der Waals surface area contributed by atoms with E-state index in [1.165, 1.54) is 13.2 Å². The lowest BCUT2D eigenvalue weighted by Crippen LogP contribution is -2.05. The Kier molecular flexibility index (Phi) is 3.88. The van der Waals surface area contributed by atoms with E-state index in [9.17, 15) is 9.18 Å². The first-order chi connectivity index (χ1) is 6.67. The van der Waals surface area contributed by atoms with Crippen molar-refractivity contribution >= 4 is 17.5 Å². The average molecular weight is 218 g/mol. The molecule has 78 valence electrons. The number of carbonyl (C=O) groups is 1. The number of hydrogen-bond acceptors (Lipinski definition) is 4. The normalized spacial score (nSPS) is 9.93. The van der Waals surface area contributed by atoms with Gasteiger partial charge in [0.2, 0.25) is 0 Å². The minimum absolute atomic E-state index is 0.234. The first kappa shape index (κ1) is 11.0. The highest BCUT2D eigenvalue weighted by Gasteiger charge is 2.12. The van der Waals surface area contributed by atoms with Crippen LogP contribution in [0.2, 0.25) is 0 Å². The van der Waals surface area contributed by atoms with Crippen molar-refractivity contribution in [3.8, 4) is 5.06 Å². The van der Waals surface area contributed by atoms with Gasteiger partial charge < -0.3 is 9.47 Å². The minimum Gasteiger partial charge on any atom is -0.437 e. The van der Waals surface area contributed by atoms with E-state index >= 15 is 0 Å². The number of methoxy groups -OCH3 is 1. The molecule has 1 aromatic heterocycles. The number of aryl methyl sites for hydroxylation is 1. The van der Waals surface area contributed by atoms with Crippen molar-refractivity contribution in [2.24, 2.45) is 0 Å². The van der Waals surface area contributed by atoms with Gasteiger partial charge in [0.25, 0.3) is 0 Å². The summed E-state index contributed by atoms with van der Waals surface area (Å²) in [6, 6.07) is 1.20. The molecule has 0 unspecified atom stereocenters. The Balaban J connectivity index is 2.70. The summed E-state index contributed by atoms with van der Waals surface area (Å²) in [4.78, 5) is 11.3. The molecule has 0 atom stereocenters. The molecule has 0 aliphatic rings. The molecule has 14 heavy (non-hydrogen) atoms. The van der Waals surface area contributed by atoms with E-state index in [-0.39, 0.29) is 10.9 Å². The second-order valence-electron chi connectivity index (χ2n) is 2.64. The SMILES string of the molecule is CCCc1sc(OC(=O)OC)cc1F. The Morgan fingerprint density at radius 3 is 2.93 bits per heavy atom. The standard InChI is InChI=1S/C9H11FO3S/c1-3-4-7-6(10)5-8(14-7)13-9(11)12-2/h5H,3-4H2,1-2H3. The van der Waals surface area contributed by atoms with Gasteiger partial charge in [-0.1, -0.05) is 13.3 Å². The van der Waals surface area contributed by atoms with Gasteiger partial charge in [-0.2, -0.15) is 0 Å². The summed E-state index contributed by atoms with van der Waals surface area (Å²) in [5, 5.41) is 0.234. The topological polar surface area (TPSA) is 35.5 Å². The van der Waals surface area contributed by atoms with Gasteiger partial charge in [0.05, 0.1) is 7.11 Å². The van der Waals surface area contributed by atoms with Crippen molar-refractivity contribution in [2.75, 3.05) is 7.11 Å². The lowest BCUT2D eigenvalue weighted by Gasteiger charge is -1.96. The average Bonchev–Trinajstić information content (AvgIpc) is 2.47. The fraction of sp³-hybridized carbons (Fsp3) is 0.444. The molecule has 1 rings (SSSR count). The molecule has 1 aromatic rings. The molecule has 5 heteroatoms. The summed E-state index contributed by atoms with van der Waals surface area (Å²) in [5.41, 5.74) is 0. The predicted molar refractivity (Wildman–Crippen MR) is 51.3 cm³/mol. The predicted octanol–water partition coefficient (Wildman–Crippen LogP) is 2.98. The third-order valence-electron chi connectivity index (χ3n) is 1.56. The van der Waals surface area contributed by atoms with Gasteiger partial charge in [-0.05, 0) is 6.42 Å². The Morgan fingerprint density at radius 2 is 2.36 bits per heavy atom. The number of carbonyl (C=O) groups excluding carboxylic acids is 1. The van der Waals surface area contributed by atoms with Gasteiger partial charge >= 0.3 is 6.16 Å². The Morgan fingerprint density at radius 1 is 1.64 bits per heavy atom. The van der Waals surface area contributed by atoms with Crippen LogP contribution >= 0.6 is 11.3 Å². The van der Waals surface area contributed by atoms with Crippen molar-refractivity contribution < 1.29 is 18.7 Å². The highest BCUT2D eigenvalue weighted by Crippen LogP contribution is 2.29. The molecule has 0 N–H and O–H groups in total. The maximum atomic E-state index is 13.1. The smallest absolute Gasteiger partial charge is 0.437 e. The first-order valence-corrected chi connectivity index (χ1v) is 5.03. The molecule has 0 saturated heterocycles. The van der Waals surface area contributed by atoms with Gasteiger partial charge in [0.15, 0.2) is 5.06 Å². The number of halogens is 1. The quantitative estimate of drug-likeness (QED) is 0.731. The van der Waals surface area contributed by atoms with E-state index in [0.29, 0.717) is 11.3 Å². The van der Waals surface area contributed by atoms with Crippen LogP contribution in [0.5, 0.6) is 5.06 Å². The molecule has 0 aliphatic carbocycles. The van der Waals surface area contributed by atoms with Crippen molar-refractivity contribution in [3.05, 3.63) is 16.8 Å². The molecule has 0 fully saturated rings. The summed E-state index contributed by atoms with van der Waals surface area (Å²) in [7, 11) is 1.21. The minimum atomic E-state index is -0.825. The molecular weight excluding hydrogens is 207 g/mol. The van der Waals surface area contributed by atoms with Crippen LogP contribution in [0.1, 0.15) is 18.2 Å². The van der Waals surface area contributed by atoms with Gasteiger partial charge in [-0.25, -0.2) is 9.18 Å². The van der Waals surface area contributed by atoms with Crippen molar-refractivity contribution in [1.82, 2.24) is 0 Å². The van der Waals surface area contributed by atoms with E-state index in [4.69, 9.17) is 0 Å². The fourth-order valence-corrected chi connectivity index (χ4v) is 1.93.